The Labute approximate surface area is 110 Å². The van der Waals surface area contributed by atoms with Crippen molar-refractivity contribution in [3.8, 4) is 0 Å². The van der Waals surface area contributed by atoms with E-state index in [0.717, 1.165) is 25.9 Å². The fourth-order valence-electron chi connectivity index (χ4n) is 2.71. The largest absolute Gasteiger partial charge is 0.373 e. The highest BCUT2D eigenvalue weighted by molar-refractivity contribution is 5.85. The first-order valence-corrected chi connectivity index (χ1v) is 6.10. The van der Waals surface area contributed by atoms with Crippen LogP contribution in [0.3, 0.4) is 0 Å². The maximum Gasteiger partial charge on any atom is 0.0942 e. The second-order valence-electron chi connectivity index (χ2n) is 4.62. The fraction of sp³-hybridized carbons (Fsp3) is 0.571. The molecular formula is C14H22ClNO. The molecule has 2 nitrogen and oxygen atoms in total. The van der Waals surface area contributed by atoms with Crippen molar-refractivity contribution in [3.05, 3.63) is 35.4 Å². The van der Waals surface area contributed by atoms with E-state index in [2.05, 4.69) is 36.5 Å². The Morgan fingerprint density at radius 3 is 2.65 bits per heavy atom. The molecule has 1 unspecified atom stereocenters. The maximum absolute atomic E-state index is 5.89. The lowest BCUT2D eigenvalue weighted by Gasteiger charge is -2.33. The van der Waals surface area contributed by atoms with Crippen LogP contribution in [0.4, 0.5) is 0 Å². The quantitative estimate of drug-likeness (QED) is 0.877. The van der Waals surface area contributed by atoms with Crippen molar-refractivity contribution in [2.24, 2.45) is 0 Å². The number of hydrogen-bond donors (Lipinski definition) is 1. The van der Waals surface area contributed by atoms with E-state index in [0.29, 0.717) is 0 Å². The molecule has 1 fully saturated rings. The SMILES string of the molecule is COC1(c2ccccc2C)CCCNCC1.Cl. The Hall–Kier alpha value is -0.570. The van der Waals surface area contributed by atoms with E-state index < -0.39 is 0 Å². The third-order valence-corrected chi connectivity index (χ3v) is 3.67. The standard InChI is InChI=1S/C14H21NO.ClH/c1-12-6-3-4-7-13(12)14(16-2)8-5-10-15-11-9-14;/h3-4,6-7,15H,5,8-11H2,1-2H3;1H. The van der Waals surface area contributed by atoms with Crippen molar-refractivity contribution in [2.45, 2.75) is 31.8 Å². The van der Waals surface area contributed by atoms with Crippen LogP contribution in [0.5, 0.6) is 0 Å². The highest BCUT2D eigenvalue weighted by Gasteiger charge is 2.33. The Kier molecular flexibility index (Phi) is 5.44. The van der Waals surface area contributed by atoms with Gasteiger partial charge in [0.1, 0.15) is 0 Å². The average molecular weight is 256 g/mol. The van der Waals surface area contributed by atoms with Gasteiger partial charge < -0.3 is 10.1 Å². The number of nitrogens with one attached hydrogen (secondary N) is 1. The van der Waals surface area contributed by atoms with E-state index in [1.807, 2.05) is 7.11 Å². The van der Waals surface area contributed by atoms with Gasteiger partial charge in [0.2, 0.25) is 0 Å². The molecule has 3 heteroatoms. The molecule has 1 atom stereocenters. The molecule has 1 aromatic carbocycles. The Morgan fingerprint density at radius 1 is 1.18 bits per heavy atom. The van der Waals surface area contributed by atoms with Crippen LogP contribution in [0.25, 0.3) is 0 Å². The molecule has 17 heavy (non-hydrogen) atoms. The summed E-state index contributed by atoms with van der Waals surface area (Å²) in [7, 11) is 1.84. The highest BCUT2D eigenvalue weighted by Crippen LogP contribution is 2.36. The first-order chi connectivity index (χ1) is 7.78. The first kappa shape index (κ1) is 14.5. The molecule has 1 aromatic rings. The number of aryl methyl sites for hydroxylation is 1. The fourth-order valence-corrected chi connectivity index (χ4v) is 2.71. The van der Waals surface area contributed by atoms with E-state index in [4.69, 9.17) is 4.74 Å². The molecule has 0 radical (unpaired) electrons. The zero-order chi connectivity index (χ0) is 11.4. The number of halogens is 1. The molecule has 0 spiro atoms. The number of ether oxygens (including phenoxy) is 1. The summed E-state index contributed by atoms with van der Waals surface area (Å²) < 4.78 is 5.89. The molecule has 0 amide bonds. The van der Waals surface area contributed by atoms with Crippen molar-refractivity contribution < 1.29 is 4.74 Å². The topological polar surface area (TPSA) is 21.3 Å². The molecule has 1 heterocycles. The highest BCUT2D eigenvalue weighted by atomic mass is 35.5. The average Bonchev–Trinajstić information content (AvgIpc) is 2.56. The van der Waals surface area contributed by atoms with E-state index in [1.165, 1.54) is 17.5 Å². The second kappa shape index (κ2) is 6.39. The minimum atomic E-state index is -0.0746. The third-order valence-electron chi connectivity index (χ3n) is 3.67. The van der Waals surface area contributed by atoms with Crippen LogP contribution in [0.2, 0.25) is 0 Å². The minimum Gasteiger partial charge on any atom is -0.373 e. The van der Waals surface area contributed by atoms with Gasteiger partial charge in [-0.25, -0.2) is 0 Å². The predicted octanol–water partition coefficient (Wildman–Crippen LogP) is 3.03. The van der Waals surface area contributed by atoms with Gasteiger partial charge >= 0.3 is 0 Å². The van der Waals surface area contributed by atoms with Gasteiger partial charge in [-0.3, -0.25) is 0 Å². The zero-order valence-corrected chi connectivity index (χ0v) is 11.5. The van der Waals surface area contributed by atoms with Crippen molar-refractivity contribution >= 4 is 12.4 Å². The van der Waals surface area contributed by atoms with Gasteiger partial charge in [-0.1, -0.05) is 24.3 Å². The lowest BCUT2D eigenvalue weighted by molar-refractivity contribution is -0.0256. The van der Waals surface area contributed by atoms with Crippen molar-refractivity contribution in [1.29, 1.82) is 0 Å². The van der Waals surface area contributed by atoms with Crippen molar-refractivity contribution in [1.82, 2.24) is 5.32 Å². The lowest BCUT2D eigenvalue weighted by Crippen LogP contribution is -2.30. The van der Waals surface area contributed by atoms with Crippen LogP contribution in [0.1, 0.15) is 30.4 Å². The number of methoxy groups -OCH3 is 1. The summed E-state index contributed by atoms with van der Waals surface area (Å²) in [5.74, 6) is 0. The summed E-state index contributed by atoms with van der Waals surface area (Å²) in [6.07, 6.45) is 3.36. The van der Waals surface area contributed by atoms with E-state index in [9.17, 15) is 0 Å². The van der Waals surface area contributed by atoms with Crippen LogP contribution in [-0.2, 0) is 10.3 Å². The second-order valence-corrected chi connectivity index (χ2v) is 4.62. The van der Waals surface area contributed by atoms with E-state index in [1.54, 1.807) is 0 Å². The Morgan fingerprint density at radius 2 is 1.94 bits per heavy atom. The summed E-state index contributed by atoms with van der Waals surface area (Å²) in [5.41, 5.74) is 2.63. The van der Waals surface area contributed by atoms with Gasteiger partial charge in [0.25, 0.3) is 0 Å². The minimum absolute atomic E-state index is 0. The molecule has 0 aliphatic carbocycles. The molecule has 1 N–H and O–H groups in total. The summed E-state index contributed by atoms with van der Waals surface area (Å²) in [5, 5.41) is 3.45. The van der Waals surface area contributed by atoms with Crippen LogP contribution < -0.4 is 5.32 Å². The number of hydrogen-bond acceptors (Lipinski definition) is 2. The summed E-state index contributed by atoms with van der Waals surface area (Å²) >= 11 is 0. The molecule has 1 saturated heterocycles. The zero-order valence-electron chi connectivity index (χ0n) is 10.7. The van der Waals surface area contributed by atoms with Gasteiger partial charge in [0.15, 0.2) is 0 Å². The summed E-state index contributed by atoms with van der Waals surface area (Å²) in [6.45, 7) is 4.33. The van der Waals surface area contributed by atoms with Gasteiger partial charge in [0, 0.05) is 7.11 Å². The first-order valence-electron chi connectivity index (χ1n) is 6.10. The Balaban J connectivity index is 0.00000144. The van der Waals surface area contributed by atoms with Crippen LogP contribution in [0, 0.1) is 6.92 Å². The normalized spacial score (nSPS) is 24.8. The third kappa shape index (κ3) is 3.01. The van der Waals surface area contributed by atoms with E-state index >= 15 is 0 Å². The molecule has 1 aliphatic rings. The molecule has 0 bridgehead atoms. The molecule has 0 aromatic heterocycles. The van der Waals surface area contributed by atoms with Crippen molar-refractivity contribution in [3.63, 3.8) is 0 Å². The van der Waals surface area contributed by atoms with Gasteiger partial charge in [-0.05, 0) is 50.4 Å². The summed E-state index contributed by atoms with van der Waals surface area (Å²) in [6, 6.07) is 8.59. The predicted molar refractivity (Wildman–Crippen MR) is 73.8 cm³/mol. The molecular weight excluding hydrogens is 234 g/mol. The van der Waals surface area contributed by atoms with E-state index in [-0.39, 0.29) is 18.0 Å². The lowest BCUT2D eigenvalue weighted by atomic mass is 9.84. The van der Waals surface area contributed by atoms with Gasteiger partial charge in [-0.2, -0.15) is 0 Å². The molecule has 0 saturated carbocycles. The monoisotopic (exact) mass is 255 g/mol. The van der Waals surface area contributed by atoms with Gasteiger partial charge in [-0.15, -0.1) is 12.4 Å². The maximum atomic E-state index is 5.89. The smallest absolute Gasteiger partial charge is 0.0942 e. The molecule has 1 aliphatic heterocycles. The van der Waals surface area contributed by atoms with Crippen LogP contribution in [0.15, 0.2) is 24.3 Å². The van der Waals surface area contributed by atoms with Gasteiger partial charge in [0.05, 0.1) is 5.60 Å². The van der Waals surface area contributed by atoms with Crippen LogP contribution >= 0.6 is 12.4 Å². The van der Waals surface area contributed by atoms with Crippen LogP contribution in [-0.4, -0.2) is 20.2 Å². The number of benzene rings is 1. The number of rotatable bonds is 2. The molecule has 96 valence electrons. The molecule has 2 rings (SSSR count). The van der Waals surface area contributed by atoms with Crippen molar-refractivity contribution in [2.75, 3.05) is 20.2 Å². The summed E-state index contributed by atoms with van der Waals surface area (Å²) in [4.78, 5) is 0. The Bertz CT molecular complexity index is 346.